The minimum absolute atomic E-state index is 0.0421. The Kier molecular flexibility index (Phi) is 5.34. The Morgan fingerprint density at radius 1 is 1.18 bits per heavy atom. The van der Waals surface area contributed by atoms with Crippen molar-refractivity contribution in [3.8, 4) is 5.75 Å². The Morgan fingerprint density at radius 2 is 1.96 bits per heavy atom. The van der Waals surface area contributed by atoms with Crippen LogP contribution in [0.1, 0.15) is 5.56 Å². The third-order valence-electron chi connectivity index (χ3n) is 4.64. The highest BCUT2D eigenvalue weighted by atomic mass is 16.5. The molecule has 0 saturated carbocycles. The molecule has 3 aromatic rings. The quantitative estimate of drug-likeness (QED) is 0.711. The van der Waals surface area contributed by atoms with Crippen molar-refractivity contribution in [2.75, 3.05) is 43.0 Å². The summed E-state index contributed by atoms with van der Waals surface area (Å²) in [5.74, 6) is 1.21. The molecule has 1 aliphatic rings. The standard InChI is InChI=1S/C21H23N5O2/c1-15-2-5-18(6-3-15)28-14-20(27)24-17-4-7-19-16(12-17)13-23-21(25-19)26-10-8-22-9-11-26/h2-7,12-13,22H,8-11,14H2,1H3,(H,24,27). The third kappa shape index (κ3) is 4.37. The van der Waals surface area contributed by atoms with Crippen LogP contribution in [0.15, 0.2) is 48.7 Å². The van der Waals surface area contributed by atoms with Crippen LogP contribution in [0.5, 0.6) is 5.75 Å². The first-order valence-electron chi connectivity index (χ1n) is 9.39. The van der Waals surface area contributed by atoms with Gasteiger partial charge in [0.1, 0.15) is 5.75 Å². The summed E-state index contributed by atoms with van der Waals surface area (Å²) in [6.45, 7) is 5.65. The monoisotopic (exact) mass is 377 g/mol. The lowest BCUT2D eigenvalue weighted by atomic mass is 10.2. The minimum atomic E-state index is -0.210. The molecule has 1 aromatic heterocycles. The molecule has 0 spiro atoms. The minimum Gasteiger partial charge on any atom is -0.484 e. The highest BCUT2D eigenvalue weighted by Gasteiger charge is 2.13. The van der Waals surface area contributed by atoms with Crippen molar-refractivity contribution in [1.29, 1.82) is 0 Å². The fourth-order valence-corrected chi connectivity index (χ4v) is 3.10. The number of fused-ring (bicyclic) bond motifs is 1. The number of nitrogens with one attached hydrogen (secondary N) is 2. The predicted octanol–water partition coefficient (Wildman–Crippen LogP) is 2.37. The van der Waals surface area contributed by atoms with Gasteiger partial charge in [-0.05, 0) is 37.3 Å². The molecule has 28 heavy (non-hydrogen) atoms. The highest BCUT2D eigenvalue weighted by Crippen LogP contribution is 2.20. The lowest BCUT2D eigenvalue weighted by Gasteiger charge is -2.27. The Labute approximate surface area is 163 Å². The van der Waals surface area contributed by atoms with Crippen molar-refractivity contribution in [3.63, 3.8) is 0 Å². The number of piperazine rings is 1. The van der Waals surface area contributed by atoms with Gasteiger partial charge in [-0.3, -0.25) is 4.79 Å². The third-order valence-corrected chi connectivity index (χ3v) is 4.64. The summed E-state index contributed by atoms with van der Waals surface area (Å²) in [5, 5.41) is 7.06. The molecule has 1 aliphatic heterocycles. The molecule has 2 N–H and O–H groups in total. The van der Waals surface area contributed by atoms with Crippen LogP contribution < -0.4 is 20.3 Å². The summed E-state index contributed by atoms with van der Waals surface area (Å²) in [6, 6.07) is 13.2. The van der Waals surface area contributed by atoms with Crippen LogP contribution in [0, 0.1) is 6.92 Å². The molecule has 7 nitrogen and oxygen atoms in total. The fraction of sp³-hybridized carbons (Fsp3) is 0.286. The second-order valence-electron chi connectivity index (χ2n) is 6.83. The number of ether oxygens (including phenoxy) is 1. The van der Waals surface area contributed by atoms with E-state index in [1.54, 1.807) is 6.20 Å². The van der Waals surface area contributed by atoms with Gasteiger partial charge in [-0.2, -0.15) is 0 Å². The Balaban J connectivity index is 1.39. The number of aromatic nitrogens is 2. The fourth-order valence-electron chi connectivity index (χ4n) is 3.10. The van der Waals surface area contributed by atoms with Crippen LogP contribution in [-0.4, -0.2) is 48.7 Å². The summed E-state index contributed by atoms with van der Waals surface area (Å²) in [5.41, 5.74) is 2.70. The zero-order valence-corrected chi connectivity index (χ0v) is 15.8. The van der Waals surface area contributed by atoms with Crippen LogP contribution in [0.25, 0.3) is 10.9 Å². The molecule has 0 unspecified atom stereocenters. The summed E-state index contributed by atoms with van der Waals surface area (Å²) < 4.78 is 5.52. The zero-order chi connectivity index (χ0) is 19.3. The lowest BCUT2D eigenvalue weighted by molar-refractivity contribution is -0.118. The maximum atomic E-state index is 12.2. The van der Waals surface area contributed by atoms with Gasteiger partial charge in [0.2, 0.25) is 5.95 Å². The Bertz CT molecular complexity index is 968. The molecule has 1 saturated heterocycles. The van der Waals surface area contributed by atoms with E-state index in [9.17, 15) is 4.79 Å². The van der Waals surface area contributed by atoms with Crippen molar-refractivity contribution in [2.45, 2.75) is 6.92 Å². The van der Waals surface area contributed by atoms with Gasteiger partial charge in [0.15, 0.2) is 6.61 Å². The van der Waals surface area contributed by atoms with E-state index in [-0.39, 0.29) is 12.5 Å². The smallest absolute Gasteiger partial charge is 0.262 e. The van der Waals surface area contributed by atoms with Crippen LogP contribution in [0.4, 0.5) is 11.6 Å². The van der Waals surface area contributed by atoms with E-state index in [4.69, 9.17) is 4.74 Å². The first-order valence-corrected chi connectivity index (χ1v) is 9.39. The molecular weight excluding hydrogens is 354 g/mol. The van der Waals surface area contributed by atoms with Gasteiger partial charge < -0.3 is 20.3 Å². The van der Waals surface area contributed by atoms with E-state index in [1.807, 2.05) is 49.4 Å². The van der Waals surface area contributed by atoms with Crippen molar-refractivity contribution >= 4 is 28.4 Å². The largest absolute Gasteiger partial charge is 0.484 e. The number of amides is 1. The van der Waals surface area contributed by atoms with Gasteiger partial charge in [-0.15, -0.1) is 0 Å². The SMILES string of the molecule is Cc1ccc(OCC(=O)Nc2ccc3nc(N4CCNCC4)ncc3c2)cc1. The summed E-state index contributed by atoms with van der Waals surface area (Å²) >= 11 is 0. The second-order valence-corrected chi connectivity index (χ2v) is 6.83. The van der Waals surface area contributed by atoms with Gasteiger partial charge in [0.05, 0.1) is 5.52 Å². The van der Waals surface area contributed by atoms with Gasteiger partial charge in [0, 0.05) is 43.4 Å². The molecule has 0 radical (unpaired) electrons. The topological polar surface area (TPSA) is 79.4 Å². The zero-order valence-electron chi connectivity index (χ0n) is 15.8. The van der Waals surface area contributed by atoms with Crippen LogP contribution in [-0.2, 0) is 4.79 Å². The van der Waals surface area contributed by atoms with Crippen molar-refractivity contribution in [1.82, 2.24) is 15.3 Å². The van der Waals surface area contributed by atoms with Crippen molar-refractivity contribution in [3.05, 3.63) is 54.2 Å². The van der Waals surface area contributed by atoms with E-state index in [0.717, 1.165) is 48.6 Å². The number of hydrogen-bond acceptors (Lipinski definition) is 6. The number of nitrogens with zero attached hydrogens (tertiary/aromatic N) is 3. The summed E-state index contributed by atoms with van der Waals surface area (Å²) in [6.07, 6.45) is 1.80. The molecule has 7 heteroatoms. The lowest BCUT2D eigenvalue weighted by Crippen LogP contribution is -2.44. The highest BCUT2D eigenvalue weighted by molar-refractivity contribution is 5.94. The van der Waals surface area contributed by atoms with E-state index >= 15 is 0 Å². The molecule has 1 amide bonds. The van der Waals surface area contributed by atoms with Gasteiger partial charge >= 0.3 is 0 Å². The normalized spacial score (nSPS) is 14.1. The molecule has 144 valence electrons. The number of benzene rings is 2. The van der Waals surface area contributed by atoms with Gasteiger partial charge in [-0.1, -0.05) is 17.7 Å². The molecule has 1 fully saturated rings. The first kappa shape index (κ1) is 18.2. The second kappa shape index (κ2) is 8.22. The number of hydrogen-bond donors (Lipinski definition) is 2. The molecule has 4 rings (SSSR count). The van der Waals surface area contributed by atoms with E-state index in [1.165, 1.54) is 0 Å². The average molecular weight is 377 g/mol. The maximum Gasteiger partial charge on any atom is 0.262 e. The Morgan fingerprint density at radius 3 is 2.75 bits per heavy atom. The number of rotatable bonds is 5. The molecule has 0 aliphatic carbocycles. The van der Waals surface area contributed by atoms with Crippen LogP contribution in [0.2, 0.25) is 0 Å². The van der Waals surface area contributed by atoms with E-state index in [2.05, 4.69) is 25.5 Å². The molecule has 2 heterocycles. The Hall–Kier alpha value is -3.19. The number of carbonyl (C=O) groups excluding carboxylic acids is 1. The number of anilines is 2. The maximum absolute atomic E-state index is 12.2. The van der Waals surface area contributed by atoms with Crippen LogP contribution in [0.3, 0.4) is 0 Å². The van der Waals surface area contributed by atoms with E-state index in [0.29, 0.717) is 11.4 Å². The molecular formula is C21H23N5O2. The number of aryl methyl sites for hydroxylation is 1. The van der Waals surface area contributed by atoms with Crippen LogP contribution >= 0.6 is 0 Å². The molecule has 0 atom stereocenters. The summed E-state index contributed by atoms with van der Waals surface area (Å²) in [7, 11) is 0. The first-order chi connectivity index (χ1) is 13.7. The average Bonchev–Trinajstić information content (AvgIpc) is 2.73. The van der Waals surface area contributed by atoms with Crippen molar-refractivity contribution in [2.24, 2.45) is 0 Å². The van der Waals surface area contributed by atoms with Gasteiger partial charge in [0.25, 0.3) is 5.91 Å². The predicted molar refractivity (Wildman–Crippen MR) is 110 cm³/mol. The number of carbonyl (C=O) groups is 1. The van der Waals surface area contributed by atoms with Crippen molar-refractivity contribution < 1.29 is 9.53 Å². The molecule has 0 bridgehead atoms. The van der Waals surface area contributed by atoms with E-state index < -0.39 is 0 Å². The molecule has 2 aromatic carbocycles. The summed E-state index contributed by atoms with van der Waals surface area (Å²) in [4.78, 5) is 23.5. The van der Waals surface area contributed by atoms with Gasteiger partial charge in [-0.25, -0.2) is 9.97 Å².